The molecule has 0 unspecified atom stereocenters. The Morgan fingerprint density at radius 2 is 2.14 bits per heavy atom. The number of aliphatic hydroxyl groups excluding tert-OH is 1. The number of hydrogen-bond acceptors (Lipinski definition) is 6. The quantitative estimate of drug-likeness (QED) is 0.681. The van der Waals surface area contributed by atoms with Crippen LogP contribution in [0.15, 0.2) is 12.1 Å². The summed E-state index contributed by atoms with van der Waals surface area (Å²) in [6.45, 7) is 3.94. The molecule has 1 aliphatic heterocycles. The van der Waals surface area contributed by atoms with Crippen molar-refractivity contribution < 1.29 is 9.90 Å². The number of nitrogens with one attached hydrogen (secondary N) is 2. The number of aliphatic hydroxyl groups is 1. The van der Waals surface area contributed by atoms with E-state index in [1.807, 2.05) is 0 Å². The first-order valence-corrected chi connectivity index (χ1v) is 7.36. The van der Waals surface area contributed by atoms with Gasteiger partial charge in [0.05, 0.1) is 6.61 Å². The van der Waals surface area contributed by atoms with Crippen LogP contribution in [0.1, 0.15) is 23.3 Å². The van der Waals surface area contributed by atoms with Crippen LogP contribution in [0.4, 0.5) is 5.82 Å². The Morgan fingerprint density at radius 3 is 2.71 bits per heavy atom. The van der Waals surface area contributed by atoms with Crippen LogP contribution in [-0.4, -0.2) is 65.9 Å². The van der Waals surface area contributed by atoms with E-state index in [1.165, 1.54) is 0 Å². The van der Waals surface area contributed by atoms with Crippen molar-refractivity contribution in [1.29, 1.82) is 0 Å². The van der Waals surface area contributed by atoms with Crippen molar-refractivity contribution in [2.45, 2.75) is 12.8 Å². The van der Waals surface area contributed by atoms with Crippen molar-refractivity contribution in [2.75, 3.05) is 45.2 Å². The number of rotatable bonds is 6. The lowest BCUT2D eigenvalue weighted by molar-refractivity contribution is 0.0957. The fourth-order valence-electron chi connectivity index (χ4n) is 2.48. The topological polar surface area (TPSA) is 90.4 Å². The lowest BCUT2D eigenvalue weighted by Gasteiger charge is -2.31. The van der Waals surface area contributed by atoms with Crippen molar-refractivity contribution in [1.82, 2.24) is 20.4 Å². The van der Waals surface area contributed by atoms with E-state index in [2.05, 4.69) is 25.7 Å². The molecular formula is C14H23N5O2. The Labute approximate surface area is 124 Å². The second kappa shape index (κ2) is 7.90. The van der Waals surface area contributed by atoms with E-state index < -0.39 is 0 Å². The zero-order valence-corrected chi connectivity index (χ0v) is 12.4. The first kappa shape index (κ1) is 15.7. The molecule has 0 aliphatic carbocycles. The average molecular weight is 293 g/mol. The third-order valence-corrected chi connectivity index (χ3v) is 3.82. The number of likely N-dealkylation sites (tertiary alicyclic amines) is 1. The summed E-state index contributed by atoms with van der Waals surface area (Å²) in [5.41, 5.74) is 0.320. The van der Waals surface area contributed by atoms with Crippen LogP contribution in [-0.2, 0) is 0 Å². The van der Waals surface area contributed by atoms with Gasteiger partial charge in [-0.25, -0.2) is 0 Å². The molecule has 0 radical (unpaired) electrons. The van der Waals surface area contributed by atoms with Gasteiger partial charge in [-0.15, -0.1) is 10.2 Å². The van der Waals surface area contributed by atoms with E-state index in [1.54, 1.807) is 19.2 Å². The van der Waals surface area contributed by atoms with E-state index in [-0.39, 0.29) is 12.5 Å². The van der Waals surface area contributed by atoms with E-state index in [0.717, 1.165) is 39.0 Å². The minimum absolute atomic E-state index is 0.231. The van der Waals surface area contributed by atoms with Crippen molar-refractivity contribution in [3.63, 3.8) is 0 Å². The number of carbonyl (C=O) groups excluding carboxylic acids is 1. The summed E-state index contributed by atoms with van der Waals surface area (Å²) in [5, 5.41) is 22.6. The first-order valence-electron chi connectivity index (χ1n) is 7.36. The molecule has 1 fully saturated rings. The van der Waals surface area contributed by atoms with Crippen LogP contribution in [0.25, 0.3) is 0 Å². The maximum Gasteiger partial charge on any atom is 0.271 e. The molecule has 3 N–H and O–H groups in total. The van der Waals surface area contributed by atoms with Crippen LogP contribution in [0, 0.1) is 5.92 Å². The highest BCUT2D eigenvalue weighted by molar-refractivity contribution is 5.91. The van der Waals surface area contributed by atoms with Gasteiger partial charge in [0.15, 0.2) is 5.69 Å². The third-order valence-electron chi connectivity index (χ3n) is 3.82. The molecule has 0 spiro atoms. The smallest absolute Gasteiger partial charge is 0.271 e. The average Bonchev–Trinajstić information content (AvgIpc) is 2.54. The van der Waals surface area contributed by atoms with E-state index in [4.69, 9.17) is 5.11 Å². The Balaban J connectivity index is 1.75. The van der Waals surface area contributed by atoms with Crippen molar-refractivity contribution in [3.05, 3.63) is 17.8 Å². The standard InChI is InChI=1S/C14H23N5O2/c1-15-14(21)12-2-3-13(18-17-12)16-10-11-4-6-19(7-5-11)8-9-20/h2-3,11,20H,4-10H2,1H3,(H,15,21)(H,16,18). The number of piperidine rings is 1. The molecule has 1 aliphatic rings. The molecule has 0 aromatic carbocycles. The summed E-state index contributed by atoms with van der Waals surface area (Å²) in [4.78, 5) is 13.6. The number of nitrogens with zero attached hydrogens (tertiary/aromatic N) is 3. The molecule has 7 heteroatoms. The number of amides is 1. The highest BCUT2D eigenvalue weighted by Gasteiger charge is 2.18. The van der Waals surface area contributed by atoms with Gasteiger partial charge in [0.25, 0.3) is 5.91 Å². The predicted molar refractivity (Wildman–Crippen MR) is 80.2 cm³/mol. The number of anilines is 1. The van der Waals surface area contributed by atoms with E-state index in [0.29, 0.717) is 17.4 Å². The lowest BCUT2D eigenvalue weighted by atomic mass is 9.97. The molecule has 21 heavy (non-hydrogen) atoms. The van der Waals surface area contributed by atoms with Gasteiger partial charge in [-0.3, -0.25) is 4.79 Å². The third kappa shape index (κ3) is 4.64. The van der Waals surface area contributed by atoms with Crippen LogP contribution >= 0.6 is 0 Å². The number of carbonyl (C=O) groups is 1. The fraction of sp³-hybridized carbons (Fsp3) is 0.643. The molecular weight excluding hydrogens is 270 g/mol. The minimum atomic E-state index is -0.231. The first-order chi connectivity index (χ1) is 10.2. The monoisotopic (exact) mass is 293 g/mol. The second-order valence-corrected chi connectivity index (χ2v) is 5.27. The Bertz CT molecular complexity index is 443. The molecule has 1 aromatic heterocycles. The maximum atomic E-state index is 11.4. The van der Waals surface area contributed by atoms with Crippen molar-refractivity contribution in [3.8, 4) is 0 Å². The number of hydrogen-bond donors (Lipinski definition) is 3. The Kier molecular flexibility index (Phi) is 5.89. The second-order valence-electron chi connectivity index (χ2n) is 5.27. The molecule has 1 saturated heterocycles. The molecule has 7 nitrogen and oxygen atoms in total. The molecule has 0 atom stereocenters. The van der Waals surface area contributed by atoms with Gasteiger partial charge in [-0.2, -0.15) is 0 Å². The predicted octanol–water partition coefficient (Wildman–Crippen LogP) is -0.0476. The lowest BCUT2D eigenvalue weighted by Crippen LogP contribution is -2.37. The van der Waals surface area contributed by atoms with E-state index >= 15 is 0 Å². The molecule has 1 amide bonds. The zero-order chi connectivity index (χ0) is 15.1. The number of β-amino-alcohol motifs (C(OH)–C–C–N with tert-alkyl or cyclic N) is 1. The maximum absolute atomic E-state index is 11.4. The molecule has 2 rings (SSSR count). The van der Waals surface area contributed by atoms with Gasteiger partial charge < -0.3 is 20.6 Å². The van der Waals surface area contributed by atoms with Crippen LogP contribution in [0.2, 0.25) is 0 Å². The molecule has 0 saturated carbocycles. The summed E-state index contributed by atoms with van der Waals surface area (Å²) in [6.07, 6.45) is 2.24. The highest BCUT2D eigenvalue weighted by Crippen LogP contribution is 2.17. The fourth-order valence-corrected chi connectivity index (χ4v) is 2.48. The zero-order valence-electron chi connectivity index (χ0n) is 12.4. The summed E-state index contributed by atoms with van der Waals surface area (Å²) < 4.78 is 0. The van der Waals surface area contributed by atoms with Gasteiger partial charge in [0.2, 0.25) is 0 Å². The van der Waals surface area contributed by atoms with Gasteiger partial charge in [-0.1, -0.05) is 0 Å². The number of aromatic nitrogens is 2. The van der Waals surface area contributed by atoms with Gasteiger partial charge in [0.1, 0.15) is 5.82 Å². The van der Waals surface area contributed by atoms with Gasteiger partial charge in [-0.05, 0) is 44.0 Å². The molecule has 0 bridgehead atoms. The largest absolute Gasteiger partial charge is 0.395 e. The van der Waals surface area contributed by atoms with Crippen LogP contribution in [0.3, 0.4) is 0 Å². The van der Waals surface area contributed by atoms with Crippen LogP contribution < -0.4 is 10.6 Å². The van der Waals surface area contributed by atoms with Gasteiger partial charge in [0, 0.05) is 20.1 Å². The summed E-state index contributed by atoms with van der Waals surface area (Å²) in [5.74, 6) is 1.08. The Morgan fingerprint density at radius 1 is 1.38 bits per heavy atom. The highest BCUT2D eigenvalue weighted by atomic mass is 16.3. The summed E-state index contributed by atoms with van der Waals surface area (Å²) in [6, 6.07) is 3.44. The summed E-state index contributed by atoms with van der Waals surface area (Å²) in [7, 11) is 1.57. The molecule has 116 valence electrons. The SMILES string of the molecule is CNC(=O)c1ccc(NCC2CCN(CCO)CC2)nn1. The van der Waals surface area contributed by atoms with Crippen molar-refractivity contribution >= 4 is 11.7 Å². The van der Waals surface area contributed by atoms with Crippen molar-refractivity contribution in [2.24, 2.45) is 5.92 Å². The Hall–Kier alpha value is -1.73. The van der Waals surface area contributed by atoms with E-state index in [9.17, 15) is 4.79 Å². The molecule has 2 heterocycles. The minimum Gasteiger partial charge on any atom is -0.395 e. The van der Waals surface area contributed by atoms with Gasteiger partial charge >= 0.3 is 0 Å². The summed E-state index contributed by atoms with van der Waals surface area (Å²) >= 11 is 0. The van der Waals surface area contributed by atoms with Crippen LogP contribution in [0.5, 0.6) is 0 Å². The normalized spacial score (nSPS) is 16.7. The molecule has 1 aromatic rings.